The summed E-state index contributed by atoms with van der Waals surface area (Å²) in [5.74, 6) is 1.10. The summed E-state index contributed by atoms with van der Waals surface area (Å²) in [6.07, 6.45) is 2.11. The Hall–Kier alpha value is -0.380. The van der Waals surface area contributed by atoms with Gasteiger partial charge in [-0.3, -0.25) is 0 Å². The van der Waals surface area contributed by atoms with Crippen LogP contribution in [0.25, 0.3) is 0 Å². The van der Waals surface area contributed by atoms with Gasteiger partial charge in [0, 0.05) is 25.4 Å². The van der Waals surface area contributed by atoms with Crippen molar-refractivity contribution in [3.63, 3.8) is 0 Å². The molecule has 0 aliphatic carbocycles. The van der Waals surface area contributed by atoms with Gasteiger partial charge in [0.2, 0.25) is 0 Å². The van der Waals surface area contributed by atoms with E-state index in [1.165, 1.54) is 0 Å². The molecule has 4 heteroatoms. The summed E-state index contributed by atoms with van der Waals surface area (Å²) >= 11 is 8.08. The van der Waals surface area contributed by atoms with Crippen molar-refractivity contribution in [1.29, 1.82) is 0 Å². The van der Waals surface area contributed by atoms with Gasteiger partial charge in [-0.15, -0.1) is 0 Å². The van der Waals surface area contributed by atoms with Gasteiger partial charge in [-0.05, 0) is 30.9 Å². The summed E-state index contributed by atoms with van der Waals surface area (Å²) in [7, 11) is 2.06. The van der Waals surface area contributed by atoms with E-state index in [0.29, 0.717) is 0 Å². The van der Waals surface area contributed by atoms with E-state index in [0.717, 1.165) is 28.6 Å². The third-order valence-electron chi connectivity index (χ3n) is 2.54. The van der Waals surface area contributed by atoms with Gasteiger partial charge in [-0.25, -0.2) is 0 Å². The molecule has 0 aliphatic heterocycles. The summed E-state index contributed by atoms with van der Waals surface area (Å²) in [6.45, 7) is 2.96. The SMILES string of the molecule is CSCCN(C)c1ccc([C@H](C)N)cc1Cl. The first-order valence-electron chi connectivity index (χ1n) is 5.31. The van der Waals surface area contributed by atoms with E-state index in [1.54, 1.807) is 0 Å². The molecule has 1 aromatic rings. The van der Waals surface area contributed by atoms with Crippen molar-refractivity contribution in [1.82, 2.24) is 0 Å². The quantitative estimate of drug-likeness (QED) is 0.880. The summed E-state index contributed by atoms with van der Waals surface area (Å²) in [5.41, 5.74) is 7.96. The Kier molecular flexibility index (Phi) is 5.46. The lowest BCUT2D eigenvalue weighted by atomic mass is 10.1. The highest BCUT2D eigenvalue weighted by molar-refractivity contribution is 7.98. The molecule has 0 heterocycles. The maximum Gasteiger partial charge on any atom is 0.0642 e. The molecule has 0 fully saturated rings. The largest absolute Gasteiger partial charge is 0.373 e. The Morgan fingerprint density at radius 3 is 2.69 bits per heavy atom. The second-order valence-corrected chi connectivity index (χ2v) is 5.31. The third kappa shape index (κ3) is 3.58. The molecular weight excluding hydrogens is 240 g/mol. The first kappa shape index (κ1) is 13.7. The molecule has 0 aromatic heterocycles. The predicted octanol–water partition coefficient (Wildman–Crippen LogP) is 3.16. The minimum atomic E-state index is 0.0306. The number of rotatable bonds is 5. The fraction of sp³-hybridized carbons (Fsp3) is 0.500. The standard InChI is InChI=1S/C12H19ClN2S/c1-9(14)10-4-5-12(11(13)8-10)15(2)6-7-16-3/h4-5,8-9H,6-7,14H2,1-3H3/t9-/m0/s1. The van der Waals surface area contributed by atoms with Gasteiger partial charge in [0.15, 0.2) is 0 Å². The molecule has 2 N–H and O–H groups in total. The second-order valence-electron chi connectivity index (χ2n) is 3.91. The Balaban J connectivity index is 2.81. The number of thioether (sulfide) groups is 1. The third-order valence-corrected chi connectivity index (χ3v) is 3.43. The molecule has 16 heavy (non-hydrogen) atoms. The van der Waals surface area contributed by atoms with Crippen LogP contribution in [0.1, 0.15) is 18.5 Å². The van der Waals surface area contributed by atoms with Crippen molar-refractivity contribution >= 4 is 29.1 Å². The van der Waals surface area contributed by atoms with Gasteiger partial charge >= 0.3 is 0 Å². The highest BCUT2D eigenvalue weighted by Crippen LogP contribution is 2.27. The number of nitrogens with zero attached hydrogens (tertiary/aromatic N) is 1. The van der Waals surface area contributed by atoms with Crippen molar-refractivity contribution in [2.75, 3.05) is 30.5 Å². The fourth-order valence-electron chi connectivity index (χ4n) is 1.46. The molecule has 1 atom stereocenters. The highest BCUT2D eigenvalue weighted by atomic mass is 35.5. The van der Waals surface area contributed by atoms with Crippen LogP contribution >= 0.6 is 23.4 Å². The molecule has 1 rings (SSSR count). The number of anilines is 1. The fourth-order valence-corrected chi connectivity index (χ4v) is 2.25. The van der Waals surface area contributed by atoms with Gasteiger partial charge in [-0.1, -0.05) is 17.7 Å². The Bertz CT molecular complexity index is 342. The number of benzene rings is 1. The van der Waals surface area contributed by atoms with Crippen LogP contribution in [0.3, 0.4) is 0 Å². The average molecular weight is 259 g/mol. The molecule has 0 spiro atoms. The summed E-state index contributed by atoms with van der Waals surface area (Å²) in [4.78, 5) is 2.17. The lowest BCUT2D eigenvalue weighted by Crippen LogP contribution is -2.20. The molecule has 1 aromatic carbocycles. The number of nitrogens with two attached hydrogens (primary N) is 1. The summed E-state index contributed by atoms with van der Waals surface area (Å²) < 4.78 is 0. The van der Waals surface area contributed by atoms with Gasteiger partial charge in [0.1, 0.15) is 0 Å². The molecule has 0 saturated heterocycles. The first-order valence-corrected chi connectivity index (χ1v) is 7.08. The number of hydrogen-bond donors (Lipinski definition) is 1. The van der Waals surface area contributed by atoms with Crippen LogP contribution in [0.4, 0.5) is 5.69 Å². The zero-order chi connectivity index (χ0) is 12.1. The Morgan fingerprint density at radius 2 is 2.19 bits per heavy atom. The van der Waals surface area contributed by atoms with E-state index in [2.05, 4.69) is 18.2 Å². The van der Waals surface area contributed by atoms with Crippen LogP contribution < -0.4 is 10.6 Å². The maximum absolute atomic E-state index is 6.24. The van der Waals surface area contributed by atoms with Crippen LogP contribution in [0.15, 0.2) is 18.2 Å². The van der Waals surface area contributed by atoms with E-state index in [4.69, 9.17) is 17.3 Å². The van der Waals surface area contributed by atoms with Gasteiger partial charge in [-0.2, -0.15) is 11.8 Å². The normalized spacial score (nSPS) is 12.6. The molecule has 0 unspecified atom stereocenters. The minimum Gasteiger partial charge on any atom is -0.373 e. The van der Waals surface area contributed by atoms with Crippen LogP contribution in [0.2, 0.25) is 5.02 Å². The second kappa shape index (κ2) is 6.38. The average Bonchev–Trinajstić information content (AvgIpc) is 2.25. The van der Waals surface area contributed by atoms with E-state index in [9.17, 15) is 0 Å². The van der Waals surface area contributed by atoms with Gasteiger partial charge in [0.05, 0.1) is 10.7 Å². The zero-order valence-electron chi connectivity index (χ0n) is 10.0. The molecule has 0 bridgehead atoms. The molecule has 90 valence electrons. The maximum atomic E-state index is 6.24. The smallest absolute Gasteiger partial charge is 0.0642 e. The minimum absolute atomic E-state index is 0.0306. The van der Waals surface area contributed by atoms with Crippen molar-refractivity contribution < 1.29 is 0 Å². The summed E-state index contributed by atoms with van der Waals surface area (Å²) in [6, 6.07) is 6.07. The van der Waals surface area contributed by atoms with E-state index < -0.39 is 0 Å². The van der Waals surface area contributed by atoms with E-state index in [1.807, 2.05) is 36.9 Å². The molecule has 0 radical (unpaired) electrons. The number of hydrogen-bond acceptors (Lipinski definition) is 3. The first-order chi connectivity index (χ1) is 7.56. The van der Waals surface area contributed by atoms with Gasteiger partial charge in [0.25, 0.3) is 0 Å². The van der Waals surface area contributed by atoms with Crippen LogP contribution in [-0.2, 0) is 0 Å². The molecule has 0 aliphatic rings. The Morgan fingerprint density at radius 1 is 1.50 bits per heavy atom. The molecular formula is C12H19ClN2S. The molecule has 0 amide bonds. The summed E-state index contributed by atoms with van der Waals surface area (Å²) in [5, 5.41) is 0.776. The van der Waals surface area contributed by atoms with E-state index in [-0.39, 0.29) is 6.04 Å². The topological polar surface area (TPSA) is 29.3 Å². The van der Waals surface area contributed by atoms with E-state index >= 15 is 0 Å². The van der Waals surface area contributed by atoms with Crippen LogP contribution in [0.5, 0.6) is 0 Å². The molecule has 2 nitrogen and oxygen atoms in total. The lowest BCUT2D eigenvalue weighted by Gasteiger charge is -2.21. The van der Waals surface area contributed by atoms with Crippen LogP contribution in [0, 0.1) is 0 Å². The van der Waals surface area contributed by atoms with Crippen molar-refractivity contribution in [3.05, 3.63) is 28.8 Å². The molecule has 0 saturated carbocycles. The van der Waals surface area contributed by atoms with Gasteiger partial charge < -0.3 is 10.6 Å². The zero-order valence-corrected chi connectivity index (χ0v) is 11.6. The predicted molar refractivity (Wildman–Crippen MR) is 75.7 cm³/mol. The lowest BCUT2D eigenvalue weighted by molar-refractivity contribution is 0.817. The van der Waals surface area contributed by atoms with Crippen LogP contribution in [-0.4, -0.2) is 25.6 Å². The Labute approximate surface area is 107 Å². The number of halogens is 1. The monoisotopic (exact) mass is 258 g/mol. The highest BCUT2D eigenvalue weighted by Gasteiger charge is 2.08. The van der Waals surface area contributed by atoms with Crippen molar-refractivity contribution in [2.24, 2.45) is 5.73 Å². The van der Waals surface area contributed by atoms with Crippen molar-refractivity contribution in [2.45, 2.75) is 13.0 Å². The van der Waals surface area contributed by atoms with Crippen molar-refractivity contribution in [3.8, 4) is 0 Å².